The van der Waals surface area contributed by atoms with Gasteiger partial charge in [-0.3, -0.25) is 0 Å². The number of anilines is 3. The Morgan fingerprint density at radius 1 is 0.333 bits per heavy atom. The summed E-state index contributed by atoms with van der Waals surface area (Å²) in [6.07, 6.45) is 0. The molecule has 0 radical (unpaired) electrons. The molecule has 0 aliphatic carbocycles. The predicted molar refractivity (Wildman–Crippen MR) is 264 cm³/mol. The van der Waals surface area contributed by atoms with Gasteiger partial charge in [-0.2, -0.15) is 0 Å². The van der Waals surface area contributed by atoms with E-state index < -0.39 is 0 Å². The maximum Gasteiger partial charge on any atom is 0.138 e. The molecular formula is C60H40N2O. The Morgan fingerprint density at radius 2 is 0.810 bits per heavy atom. The Labute approximate surface area is 366 Å². The summed E-state index contributed by atoms with van der Waals surface area (Å²) in [7, 11) is 0. The smallest absolute Gasteiger partial charge is 0.138 e. The van der Waals surface area contributed by atoms with Crippen LogP contribution in [0.1, 0.15) is 0 Å². The lowest BCUT2D eigenvalue weighted by molar-refractivity contribution is 0.669. The fourth-order valence-corrected chi connectivity index (χ4v) is 9.50. The molecule has 63 heavy (non-hydrogen) atoms. The summed E-state index contributed by atoms with van der Waals surface area (Å²) >= 11 is 0. The molecule has 0 N–H and O–H groups in total. The van der Waals surface area contributed by atoms with Gasteiger partial charge in [0.25, 0.3) is 0 Å². The molecule has 0 amide bonds. The fraction of sp³-hybridized carbons (Fsp3) is 0. The van der Waals surface area contributed by atoms with Crippen molar-refractivity contribution in [2.24, 2.45) is 0 Å². The molecule has 0 unspecified atom stereocenters. The van der Waals surface area contributed by atoms with Gasteiger partial charge < -0.3 is 13.9 Å². The molecule has 0 spiro atoms. The second-order valence-electron chi connectivity index (χ2n) is 16.1. The van der Waals surface area contributed by atoms with Crippen molar-refractivity contribution in [3.05, 3.63) is 243 Å². The topological polar surface area (TPSA) is 21.3 Å². The lowest BCUT2D eigenvalue weighted by Gasteiger charge is -2.25. The van der Waals surface area contributed by atoms with Gasteiger partial charge in [-0.25, -0.2) is 0 Å². The molecule has 2 aromatic heterocycles. The van der Waals surface area contributed by atoms with E-state index in [4.69, 9.17) is 4.42 Å². The third-order valence-corrected chi connectivity index (χ3v) is 12.4. The molecule has 12 rings (SSSR count). The monoisotopic (exact) mass is 804 g/mol. The van der Waals surface area contributed by atoms with E-state index in [9.17, 15) is 0 Å². The lowest BCUT2D eigenvalue weighted by Crippen LogP contribution is -2.09. The second kappa shape index (κ2) is 15.3. The summed E-state index contributed by atoms with van der Waals surface area (Å²) in [6.45, 7) is 0. The number of aromatic nitrogens is 1. The Balaban J connectivity index is 1.05. The summed E-state index contributed by atoms with van der Waals surface area (Å²) < 4.78 is 9.18. The zero-order valence-corrected chi connectivity index (χ0v) is 34.4. The Bertz CT molecular complexity index is 3520. The highest BCUT2D eigenvalue weighted by Crippen LogP contribution is 2.48. The summed E-state index contributed by atoms with van der Waals surface area (Å²) in [6, 6.07) is 86.9. The van der Waals surface area contributed by atoms with Crippen LogP contribution in [0.2, 0.25) is 0 Å². The second-order valence-corrected chi connectivity index (χ2v) is 16.1. The van der Waals surface area contributed by atoms with E-state index in [1.165, 1.54) is 33.0 Å². The van der Waals surface area contributed by atoms with Crippen molar-refractivity contribution in [2.75, 3.05) is 4.90 Å². The molecule has 0 atom stereocenters. The van der Waals surface area contributed by atoms with E-state index in [0.29, 0.717) is 0 Å². The summed E-state index contributed by atoms with van der Waals surface area (Å²) in [5.74, 6) is 0. The van der Waals surface area contributed by atoms with Crippen LogP contribution in [0.5, 0.6) is 0 Å². The summed E-state index contributed by atoms with van der Waals surface area (Å²) in [5, 5.41) is 4.66. The van der Waals surface area contributed by atoms with Crippen LogP contribution in [0.4, 0.5) is 17.1 Å². The van der Waals surface area contributed by atoms with Crippen molar-refractivity contribution >= 4 is 60.8 Å². The number of nitrogens with zero attached hydrogens (tertiary/aromatic N) is 2. The van der Waals surface area contributed by atoms with Gasteiger partial charge in [0.15, 0.2) is 0 Å². The minimum absolute atomic E-state index is 0.872. The van der Waals surface area contributed by atoms with Gasteiger partial charge in [0, 0.05) is 61.5 Å². The maximum atomic E-state index is 6.72. The highest BCUT2D eigenvalue weighted by atomic mass is 16.3. The summed E-state index contributed by atoms with van der Waals surface area (Å²) in [5.41, 5.74) is 17.8. The number of hydrogen-bond acceptors (Lipinski definition) is 2. The first-order valence-electron chi connectivity index (χ1n) is 21.5. The number of furan rings is 1. The number of hydrogen-bond donors (Lipinski definition) is 0. The van der Waals surface area contributed by atoms with Crippen molar-refractivity contribution in [2.45, 2.75) is 0 Å². The fourth-order valence-electron chi connectivity index (χ4n) is 9.50. The van der Waals surface area contributed by atoms with Gasteiger partial charge in [-0.1, -0.05) is 182 Å². The van der Waals surface area contributed by atoms with Crippen LogP contribution < -0.4 is 4.90 Å². The molecule has 0 aliphatic heterocycles. The van der Waals surface area contributed by atoms with Gasteiger partial charge in [0.2, 0.25) is 0 Å². The van der Waals surface area contributed by atoms with E-state index in [1.54, 1.807) is 0 Å². The van der Waals surface area contributed by atoms with Crippen LogP contribution in [0, 0.1) is 0 Å². The highest BCUT2D eigenvalue weighted by molar-refractivity contribution is 6.28. The van der Waals surface area contributed by atoms with Crippen LogP contribution in [0.15, 0.2) is 247 Å². The van der Waals surface area contributed by atoms with Crippen LogP contribution in [-0.4, -0.2) is 4.57 Å². The molecule has 0 saturated heterocycles. The molecule has 10 aromatic carbocycles. The number of fused-ring (bicyclic) bond motifs is 6. The van der Waals surface area contributed by atoms with Crippen molar-refractivity contribution in [3.63, 3.8) is 0 Å². The Hall–Kier alpha value is -8.40. The van der Waals surface area contributed by atoms with Crippen molar-refractivity contribution in [1.29, 1.82) is 0 Å². The average molecular weight is 805 g/mol. The van der Waals surface area contributed by atoms with Crippen molar-refractivity contribution < 1.29 is 4.42 Å². The van der Waals surface area contributed by atoms with Crippen LogP contribution >= 0.6 is 0 Å². The lowest BCUT2D eigenvalue weighted by atomic mass is 9.93. The normalized spacial score (nSPS) is 11.5. The quantitative estimate of drug-likeness (QED) is 0.153. The molecule has 0 fully saturated rings. The van der Waals surface area contributed by atoms with Gasteiger partial charge >= 0.3 is 0 Å². The first-order chi connectivity index (χ1) is 31.3. The molecule has 0 bridgehead atoms. The van der Waals surface area contributed by atoms with Gasteiger partial charge in [0.1, 0.15) is 11.2 Å². The third kappa shape index (κ3) is 6.29. The molecule has 0 aliphatic rings. The standard InChI is InChI=1S/C60H40N2O/c1-5-16-41(17-6-1)42-28-30-45(31-29-42)51-25-15-26-53-58-54(40-56-59(52-24-13-14-27-55(52)63-56)57(58)46-18-7-2-8-19-46)62(60(51)53)50-38-34-44(35-39-50)43-32-36-49(37-33-43)61(47-20-9-3-10-21-47)48-22-11-4-12-23-48/h1-40H. The molecule has 0 saturated carbocycles. The first-order valence-corrected chi connectivity index (χ1v) is 21.5. The number of para-hydroxylation sites is 4. The number of benzene rings is 10. The molecule has 3 heteroatoms. The first kappa shape index (κ1) is 36.5. The van der Waals surface area contributed by atoms with Crippen LogP contribution in [0.3, 0.4) is 0 Å². The van der Waals surface area contributed by atoms with Crippen molar-refractivity contribution in [3.8, 4) is 50.2 Å². The zero-order chi connectivity index (χ0) is 41.7. The van der Waals surface area contributed by atoms with Crippen LogP contribution in [-0.2, 0) is 0 Å². The Kier molecular flexibility index (Phi) is 8.83. The summed E-state index contributed by atoms with van der Waals surface area (Å²) in [4.78, 5) is 2.30. The van der Waals surface area contributed by atoms with E-state index in [2.05, 4.69) is 252 Å². The minimum Gasteiger partial charge on any atom is -0.456 e. The highest BCUT2D eigenvalue weighted by Gasteiger charge is 2.24. The molecule has 12 aromatic rings. The van der Waals surface area contributed by atoms with E-state index in [1.807, 2.05) is 0 Å². The average Bonchev–Trinajstić information content (AvgIpc) is 3.90. The van der Waals surface area contributed by atoms with E-state index in [-0.39, 0.29) is 0 Å². The third-order valence-electron chi connectivity index (χ3n) is 12.4. The Morgan fingerprint density at radius 3 is 1.44 bits per heavy atom. The van der Waals surface area contributed by atoms with E-state index >= 15 is 0 Å². The molecule has 3 nitrogen and oxygen atoms in total. The maximum absolute atomic E-state index is 6.72. The molecule has 2 heterocycles. The van der Waals surface area contributed by atoms with Crippen LogP contribution in [0.25, 0.3) is 93.9 Å². The SMILES string of the molecule is c1ccc(-c2ccc(-c3cccc4c5c(-c6ccccc6)c6c(cc5n(-c5ccc(-c7ccc(N(c8ccccc8)c8ccccc8)cc7)cc5)c34)oc3ccccc36)cc2)cc1. The molecular weight excluding hydrogens is 765 g/mol. The van der Waals surface area contributed by atoms with Gasteiger partial charge in [0.05, 0.1) is 11.0 Å². The predicted octanol–water partition coefficient (Wildman–Crippen LogP) is 16.8. The van der Waals surface area contributed by atoms with Gasteiger partial charge in [-0.15, -0.1) is 0 Å². The van der Waals surface area contributed by atoms with Crippen molar-refractivity contribution in [1.82, 2.24) is 4.57 Å². The largest absolute Gasteiger partial charge is 0.456 e. The minimum atomic E-state index is 0.872. The van der Waals surface area contributed by atoms with Gasteiger partial charge in [-0.05, 0) is 88.0 Å². The zero-order valence-electron chi connectivity index (χ0n) is 34.4. The molecule has 296 valence electrons. The number of rotatable bonds is 8. The van der Waals surface area contributed by atoms with E-state index in [0.717, 1.165) is 78.0 Å².